The maximum atomic E-state index is 5.93. The normalized spacial score (nSPS) is 18.5. The highest BCUT2D eigenvalue weighted by Crippen LogP contribution is 2.27. The Morgan fingerprint density at radius 3 is 2.67 bits per heavy atom. The van der Waals surface area contributed by atoms with Gasteiger partial charge < -0.3 is 10.6 Å². The first-order valence-corrected chi connectivity index (χ1v) is 8.15. The zero-order valence-corrected chi connectivity index (χ0v) is 14.3. The van der Waals surface area contributed by atoms with E-state index in [1.165, 1.54) is 6.42 Å². The number of thiocarbonyl (C=S) groups is 1. The molecule has 0 bridgehead atoms. The number of hydrogen-bond donors (Lipinski definition) is 1. The van der Waals surface area contributed by atoms with Crippen LogP contribution in [-0.2, 0) is 0 Å². The number of aromatic nitrogens is 1. The van der Waals surface area contributed by atoms with Crippen LogP contribution in [0.15, 0.2) is 6.07 Å². The lowest BCUT2D eigenvalue weighted by atomic mass is 10.1. The largest absolute Gasteiger partial charge is 0.389 e. The summed E-state index contributed by atoms with van der Waals surface area (Å²) in [4.78, 5) is 10.0. The van der Waals surface area contributed by atoms with E-state index in [1.807, 2.05) is 6.92 Å². The van der Waals surface area contributed by atoms with Crippen molar-refractivity contribution in [2.75, 3.05) is 31.1 Å². The molecule has 1 saturated heterocycles. The molecule has 0 saturated carbocycles. The van der Waals surface area contributed by atoms with E-state index < -0.39 is 0 Å². The SMILES string of the molecule is CCN(CC)C1CCN(c2nc(C)cc(C)c2C(N)=S)C1. The van der Waals surface area contributed by atoms with Gasteiger partial charge >= 0.3 is 0 Å². The van der Waals surface area contributed by atoms with E-state index in [1.54, 1.807) is 0 Å². The molecule has 0 amide bonds. The third-order valence-electron chi connectivity index (χ3n) is 4.36. The van der Waals surface area contributed by atoms with Crippen LogP contribution in [0.5, 0.6) is 0 Å². The topological polar surface area (TPSA) is 45.4 Å². The number of rotatable bonds is 5. The monoisotopic (exact) mass is 306 g/mol. The summed E-state index contributed by atoms with van der Waals surface area (Å²) in [5.74, 6) is 0.967. The van der Waals surface area contributed by atoms with E-state index in [4.69, 9.17) is 22.9 Å². The van der Waals surface area contributed by atoms with Crippen LogP contribution in [0.1, 0.15) is 37.1 Å². The van der Waals surface area contributed by atoms with Crippen molar-refractivity contribution < 1.29 is 0 Å². The summed E-state index contributed by atoms with van der Waals surface area (Å²) in [6, 6.07) is 2.65. The maximum absolute atomic E-state index is 5.93. The lowest BCUT2D eigenvalue weighted by Crippen LogP contribution is -2.37. The van der Waals surface area contributed by atoms with Gasteiger partial charge in [-0.2, -0.15) is 0 Å². The molecule has 1 aromatic heterocycles. The fourth-order valence-electron chi connectivity index (χ4n) is 3.32. The summed E-state index contributed by atoms with van der Waals surface area (Å²) in [6.45, 7) is 12.8. The Labute approximate surface area is 133 Å². The van der Waals surface area contributed by atoms with Crippen LogP contribution in [0.3, 0.4) is 0 Å². The second-order valence-corrected chi connectivity index (χ2v) is 6.19. The molecule has 2 heterocycles. The number of likely N-dealkylation sites (N-methyl/N-ethyl adjacent to an activating group) is 1. The van der Waals surface area contributed by atoms with Gasteiger partial charge in [-0.05, 0) is 45.0 Å². The van der Waals surface area contributed by atoms with Gasteiger partial charge in [0.2, 0.25) is 0 Å². The fraction of sp³-hybridized carbons (Fsp3) is 0.625. The molecule has 1 atom stereocenters. The molecule has 4 nitrogen and oxygen atoms in total. The minimum atomic E-state index is 0.446. The molecule has 1 aliphatic rings. The van der Waals surface area contributed by atoms with Crippen LogP contribution in [0.2, 0.25) is 0 Å². The van der Waals surface area contributed by atoms with Gasteiger partial charge in [0, 0.05) is 24.8 Å². The first-order chi connectivity index (χ1) is 9.97. The Kier molecular flexibility index (Phi) is 5.17. The molecule has 116 valence electrons. The zero-order chi connectivity index (χ0) is 15.6. The van der Waals surface area contributed by atoms with Crippen LogP contribution in [0.25, 0.3) is 0 Å². The Balaban J connectivity index is 2.29. The number of nitrogens with zero attached hydrogens (tertiary/aromatic N) is 3. The predicted molar refractivity (Wildman–Crippen MR) is 93.1 cm³/mol. The van der Waals surface area contributed by atoms with Crippen LogP contribution >= 0.6 is 12.2 Å². The second kappa shape index (κ2) is 6.71. The van der Waals surface area contributed by atoms with Crippen molar-refractivity contribution in [3.63, 3.8) is 0 Å². The van der Waals surface area contributed by atoms with E-state index >= 15 is 0 Å². The minimum Gasteiger partial charge on any atom is -0.389 e. The molecular weight excluding hydrogens is 280 g/mol. The van der Waals surface area contributed by atoms with Crippen molar-refractivity contribution in [1.82, 2.24) is 9.88 Å². The molecule has 1 fully saturated rings. The molecule has 0 aromatic carbocycles. The predicted octanol–water partition coefficient (Wildman–Crippen LogP) is 2.25. The summed E-state index contributed by atoms with van der Waals surface area (Å²) >= 11 is 5.24. The molecule has 0 spiro atoms. The molecular formula is C16H26N4S. The van der Waals surface area contributed by atoms with Crippen molar-refractivity contribution in [2.24, 2.45) is 5.73 Å². The van der Waals surface area contributed by atoms with E-state index in [-0.39, 0.29) is 0 Å². The average molecular weight is 306 g/mol. The van der Waals surface area contributed by atoms with Crippen molar-refractivity contribution in [3.05, 3.63) is 22.9 Å². The van der Waals surface area contributed by atoms with Crippen molar-refractivity contribution >= 4 is 23.0 Å². The van der Waals surface area contributed by atoms with Crippen LogP contribution in [-0.4, -0.2) is 47.1 Å². The molecule has 5 heteroatoms. The lowest BCUT2D eigenvalue weighted by molar-refractivity contribution is 0.232. The highest BCUT2D eigenvalue weighted by atomic mass is 32.1. The van der Waals surface area contributed by atoms with Gasteiger partial charge in [-0.1, -0.05) is 26.1 Å². The van der Waals surface area contributed by atoms with Crippen LogP contribution in [0.4, 0.5) is 5.82 Å². The number of pyridine rings is 1. The minimum absolute atomic E-state index is 0.446. The Hall–Kier alpha value is -1.20. The molecule has 2 rings (SSSR count). The maximum Gasteiger partial charge on any atom is 0.139 e. The molecule has 1 aromatic rings. The highest BCUT2D eigenvalue weighted by molar-refractivity contribution is 7.80. The first-order valence-electron chi connectivity index (χ1n) is 7.74. The van der Waals surface area contributed by atoms with Crippen LogP contribution < -0.4 is 10.6 Å². The number of hydrogen-bond acceptors (Lipinski definition) is 4. The van der Waals surface area contributed by atoms with Gasteiger partial charge in [-0.3, -0.25) is 4.90 Å². The van der Waals surface area contributed by atoms with Crippen molar-refractivity contribution in [3.8, 4) is 0 Å². The van der Waals surface area contributed by atoms with Gasteiger partial charge in [-0.25, -0.2) is 4.98 Å². The van der Waals surface area contributed by atoms with Crippen molar-refractivity contribution in [2.45, 2.75) is 40.2 Å². The third kappa shape index (κ3) is 3.35. The lowest BCUT2D eigenvalue weighted by Gasteiger charge is -2.27. The molecule has 2 N–H and O–H groups in total. The number of aryl methyl sites for hydroxylation is 2. The van der Waals surface area contributed by atoms with E-state index in [2.05, 4.69) is 36.6 Å². The Bertz CT molecular complexity index is 525. The van der Waals surface area contributed by atoms with Crippen LogP contribution in [0, 0.1) is 13.8 Å². The van der Waals surface area contributed by atoms with E-state index in [0.717, 1.165) is 48.8 Å². The zero-order valence-electron chi connectivity index (χ0n) is 13.5. The Morgan fingerprint density at radius 2 is 2.10 bits per heavy atom. The molecule has 1 aliphatic heterocycles. The van der Waals surface area contributed by atoms with E-state index in [9.17, 15) is 0 Å². The van der Waals surface area contributed by atoms with Gasteiger partial charge in [0.15, 0.2) is 0 Å². The summed E-state index contributed by atoms with van der Waals surface area (Å²) < 4.78 is 0. The number of anilines is 1. The Morgan fingerprint density at radius 1 is 1.43 bits per heavy atom. The summed E-state index contributed by atoms with van der Waals surface area (Å²) in [7, 11) is 0. The van der Waals surface area contributed by atoms with Gasteiger partial charge in [0.05, 0.1) is 5.56 Å². The quantitative estimate of drug-likeness (QED) is 0.846. The van der Waals surface area contributed by atoms with Gasteiger partial charge in [0.1, 0.15) is 10.8 Å². The van der Waals surface area contributed by atoms with Gasteiger partial charge in [0.25, 0.3) is 0 Å². The van der Waals surface area contributed by atoms with Gasteiger partial charge in [-0.15, -0.1) is 0 Å². The molecule has 0 radical (unpaired) electrons. The average Bonchev–Trinajstić information content (AvgIpc) is 2.88. The molecule has 21 heavy (non-hydrogen) atoms. The van der Waals surface area contributed by atoms with E-state index in [0.29, 0.717) is 11.0 Å². The van der Waals surface area contributed by atoms with Crippen molar-refractivity contribution in [1.29, 1.82) is 0 Å². The second-order valence-electron chi connectivity index (χ2n) is 5.75. The number of nitrogens with two attached hydrogens (primary N) is 1. The summed E-state index contributed by atoms with van der Waals surface area (Å²) in [5, 5.41) is 0. The fourth-order valence-corrected chi connectivity index (χ4v) is 3.57. The third-order valence-corrected chi connectivity index (χ3v) is 4.57. The standard InChI is InChI=1S/C16H26N4S/c1-5-19(6-2)13-7-8-20(10-13)16-14(15(17)21)11(3)9-12(4)18-16/h9,13H,5-8,10H2,1-4H3,(H2,17,21). The first kappa shape index (κ1) is 16.2. The molecule has 0 aliphatic carbocycles. The highest BCUT2D eigenvalue weighted by Gasteiger charge is 2.29. The summed E-state index contributed by atoms with van der Waals surface area (Å²) in [6.07, 6.45) is 1.17. The smallest absolute Gasteiger partial charge is 0.139 e. The molecule has 1 unspecified atom stereocenters. The summed E-state index contributed by atoms with van der Waals surface area (Å²) in [5.41, 5.74) is 9.02.